The van der Waals surface area contributed by atoms with E-state index in [1.807, 2.05) is 0 Å². The minimum Gasteiger partial charge on any atom is -0.444 e. The lowest BCUT2D eigenvalue weighted by Gasteiger charge is -2.32. The summed E-state index contributed by atoms with van der Waals surface area (Å²) >= 11 is 0. The average Bonchev–Trinajstić information content (AvgIpc) is 3.25. The highest BCUT2D eigenvalue weighted by Crippen LogP contribution is 2.37. The first-order chi connectivity index (χ1) is 17.8. The highest BCUT2D eigenvalue weighted by Gasteiger charge is 2.52. The van der Waals surface area contributed by atoms with E-state index >= 15 is 4.39 Å². The van der Waals surface area contributed by atoms with Gasteiger partial charge in [0.05, 0.1) is 33.2 Å². The smallest absolute Gasteiger partial charge is 0.444 e. The molecule has 2 amide bonds. The van der Waals surface area contributed by atoms with E-state index in [0.29, 0.717) is 18.7 Å². The van der Waals surface area contributed by atoms with Gasteiger partial charge in [-0.3, -0.25) is 4.79 Å². The topological polar surface area (TPSA) is 94.9 Å². The Labute approximate surface area is 215 Å². The van der Waals surface area contributed by atoms with Crippen LogP contribution in [-0.2, 0) is 34.1 Å². The minimum absolute atomic E-state index is 0.0523. The summed E-state index contributed by atoms with van der Waals surface area (Å²) in [4.78, 5) is 31.7. The molecule has 4 rings (SSSR count). The maximum Gasteiger partial charge on any atom is 0.497 e. The molecule has 0 radical (unpaired) electrons. The molecule has 1 fully saturated rings. The van der Waals surface area contributed by atoms with Gasteiger partial charge in [0.25, 0.3) is 5.91 Å². The van der Waals surface area contributed by atoms with Gasteiger partial charge in [-0.15, -0.1) is 0 Å². The van der Waals surface area contributed by atoms with Gasteiger partial charge in [0.15, 0.2) is 5.82 Å². The van der Waals surface area contributed by atoms with Crippen molar-refractivity contribution in [3.05, 3.63) is 41.2 Å². The Balaban J connectivity index is 1.63. The number of ether oxygens (including phenoxy) is 1. The number of amides is 2. The second kappa shape index (κ2) is 8.88. The first kappa shape index (κ1) is 22.3. The van der Waals surface area contributed by atoms with Crippen LogP contribution in [0.4, 0.5) is 14.9 Å². The Kier molecular flexibility index (Phi) is 5.50. The van der Waals surface area contributed by atoms with Gasteiger partial charge in [0, 0.05) is 31.2 Å². The summed E-state index contributed by atoms with van der Waals surface area (Å²) in [5, 5.41) is 2.38. The number of benzene rings is 1. The number of nitrogens with one attached hydrogen (secondary N) is 1. The predicted octanol–water partition coefficient (Wildman–Crippen LogP) is 3.40. The summed E-state index contributed by atoms with van der Waals surface area (Å²) < 4.78 is 59.4. The van der Waals surface area contributed by atoms with Gasteiger partial charge < -0.3 is 28.8 Å². The molecule has 1 aromatic carbocycles. The average molecular weight is 503 g/mol. The fraction of sp³-hybridized carbons (Fsp3) is 0.560. The van der Waals surface area contributed by atoms with E-state index in [9.17, 15) is 9.59 Å². The van der Waals surface area contributed by atoms with Gasteiger partial charge in [0.1, 0.15) is 11.4 Å². The monoisotopic (exact) mass is 503 g/mol. The van der Waals surface area contributed by atoms with Crippen molar-refractivity contribution in [3.63, 3.8) is 0 Å². The number of hydrogen-bond donors (Lipinski definition) is 1. The largest absolute Gasteiger partial charge is 0.497 e. The minimum atomic E-state index is -1.30. The Morgan fingerprint density at radius 1 is 1.22 bits per heavy atom. The molecule has 0 bridgehead atoms. The van der Waals surface area contributed by atoms with Crippen LogP contribution in [0, 0.1) is 5.82 Å². The van der Waals surface area contributed by atoms with Gasteiger partial charge in [-0.25, -0.2) is 14.2 Å². The van der Waals surface area contributed by atoms with Crippen LogP contribution in [0.3, 0.4) is 0 Å². The molecule has 2 aromatic rings. The summed E-state index contributed by atoms with van der Waals surface area (Å²) in [6.07, 6.45) is -0.0562. The second-order valence-corrected chi connectivity index (χ2v) is 11.1. The fourth-order valence-corrected chi connectivity index (χ4v) is 4.00. The third kappa shape index (κ3) is 4.86. The van der Waals surface area contributed by atoms with Crippen LogP contribution >= 0.6 is 0 Å². The van der Waals surface area contributed by atoms with Crippen molar-refractivity contribution < 1.29 is 32.1 Å². The number of nitrogens with zero attached hydrogens (tertiary/aromatic N) is 3. The molecule has 3 heterocycles. The second-order valence-electron chi connectivity index (χ2n) is 11.1. The normalized spacial score (nSPS) is 19.9. The van der Waals surface area contributed by atoms with Gasteiger partial charge in [-0.05, 0) is 54.5 Å². The summed E-state index contributed by atoms with van der Waals surface area (Å²) in [6, 6.07) is -1.78. The number of hydrogen-bond acceptors (Lipinski definition) is 6. The quantitative estimate of drug-likeness (QED) is 0.646. The SMILES string of the molecule is [2H]c1c([2H])c(NC(=O)c2nc3c(n2C)CCN(C(=O)OC(C)(C)C)C3)c(F)c(B2OC(C)(C)C(C)(C)O2)c1[2H]. The summed E-state index contributed by atoms with van der Waals surface area (Å²) in [7, 11) is 0.336. The number of fused-ring (bicyclic) bond motifs is 1. The van der Waals surface area contributed by atoms with Gasteiger partial charge >= 0.3 is 13.2 Å². The Morgan fingerprint density at radius 2 is 1.86 bits per heavy atom. The molecule has 0 saturated carbocycles. The van der Waals surface area contributed by atoms with Crippen molar-refractivity contribution in [2.24, 2.45) is 7.05 Å². The van der Waals surface area contributed by atoms with E-state index in [1.54, 1.807) is 60.1 Å². The van der Waals surface area contributed by atoms with E-state index in [4.69, 9.17) is 18.2 Å². The van der Waals surface area contributed by atoms with E-state index in [1.165, 1.54) is 4.90 Å². The lowest BCUT2D eigenvalue weighted by atomic mass is 9.78. The van der Waals surface area contributed by atoms with Crippen molar-refractivity contribution in [2.45, 2.75) is 78.2 Å². The van der Waals surface area contributed by atoms with E-state index in [2.05, 4.69) is 10.3 Å². The van der Waals surface area contributed by atoms with Crippen LogP contribution in [0.1, 0.15) is 74.6 Å². The lowest BCUT2D eigenvalue weighted by Crippen LogP contribution is -2.41. The number of carbonyl (C=O) groups excluding carboxylic acids is 2. The van der Waals surface area contributed by atoms with Gasteiger partial charge in [-0.2, -0.15) is 0 Å². The number of rotatable bonds is 3. The first-order valence-corrected chi connectivity index (χ1v) is 11.8. The predicted molar refractivity (Wildman–Crippen MR) is 134 cm³/mol. The highest BCUT2D eigenvalue weighted by atomic mass is 19.1. The zero-order chi connectivity index (χ0) is 29.2. The van der Waals surface area contributed by atoms with Crippen LogP contribution < -0.4 is 10.8 Å². The summed E-state index contributed by atoms with van der Waals surface area (Å²) in [5.41, 5.74) is -2.00. The standard InChI is InChI=1S/C25H34BFN4O5/c1-23(2,3)34-22(33)31-13-12-18-17(14-31)28-20(30(18)8)21(32)29-16-11-9-10-15(19(16)27)26-35-24(4,5)25(6,7)36-26/h9-11H,12-14H2,1-8H3,(H,29,32)/i9D,10D,11D. The van der Waals surface area contributed by atoms with Crippen molar-refractivity contribution in [2.75, 3.05) is 11.9 Å². The fourth-order valence-electron chi connectivity index (χ4n) is 4.00. The molecule has 36 heavy (non-hydrogen) atoms. The maximum atomic E-state index is 15.8. The maximum absolute atomic E-state index is 15.8. The van der Waals surface area contributed by atoms with Crippen molar-refractivity contribution in [1.29, 1.82) is 0 Å². The molecule has 2 aliphatic heterocycles. The Bertz CT molecular complexity index is 1340. The third-order valence-electron chi connectivity index (χ3n) is 6.68. The van der Waals surface area contributed by atoms with Crippen molar-refractivity contribution >= 4 is 30.3 Å². The van der Waals surface area contributed by atoms with Gasteiger partial charge in [-0.1, -0.05) is 12.1 Å². The number of carbonyl (C=O) groups is 2. The molecular formula is C25H34BFN4O5. The van der Waals surface area contributed by atoms with Crippen LogP contribution in [0.2, 0.25) is 0 Å². The number of imidazole rings is 1. The third-order valence-corrected chi connectivity index (χ3v) is 6.68. The zero-order valence-corrected chi connectivity index (χ0v) is 22.0. The van der Waals surface area contributed by atoms with Gasteiger partial charge in [0.2, 0.25) is 0 Å². The number of anilines is 1. The van der Waals surface area contributed by atoms with E-state index in [0.717, 1.165) is 5.69 Å². The van der Waals surface area contributed by atoms with Crippen LogP contribution in [0.5, 0.6) is 0 Å². The molecule has 9 nitrogen and oxygen atoms in total. The Morgan fingerprint density at radius 3 is 2.47 bits per heavy atom. The molecule has 0 atom stereocenters. The molecule has 194 valence electrons. The van der Waals surface area contributed by atoms with Crippen LogP contribution in [0.25, 0.3) is 0 Å². The van der Waals surface area contributed by atoms with Crippen molar-refractivity contribution in [1.82, 2.24) is 14.5 Å². The molecule has 0 spiro atoms. The molecular weight excluding hydrogens is 466 g/mol. The molecule has 0 aliphatic carbocycles. The molecule has 11 heteroatoms. The molecule has 1 aromatic heterocycles. The Hall–Kier alpha value is -2.92. The van der Waals surface area contributed by atoms with Crippen LogP contribution in [0.15, 0.2) is 18.1 Å². The zero-order valence-electron chi connectivity index (χ0n) is 25.0. The van der Waals surface area contributed by atoms with Crippen LogP contribution in [-0.4, -0.2) is 56.9 Å². The number of aromatic nitrogens is 2. The molecule has 0 unspecified atom stereocenters. The lowest BCUT2D eigenvalue weighted by molar-refractivity contribution is 0.00578. The van der Waals surface area contributed by atoms with Crippen molar-refractivity contribution in [3.8, 4) is 0 Å². The molecule has 1 N–H and O–H groups in total. The number of halogens is 1. The highest BCUT2D eigenvalue weighted by molar-refractivity contribution is 6.62. The van der Waals surface area contributed by atoms with E-state index in [-0.39, 0.29) is 17.8 Å². The van der Waals surface area contributed by atoms with E-state index < -0.39 is 65.6 Å². The molecule has 1 saturated heterocycles. The first-order valence-electron chi connectivity index (χ1n) is 13.3. The molecule has 2 aliphatic rings. The summed E-state index contributed by atoms with van der Waals surface area (Å²) in [5.74, 6) is -1.94. The summed E-state index contributed by atoms with van der Waals surface area (Å²) in [6.45, 7) is 12.9.